The lowest BCUT2D eigenvalue weighted by atomic mass is 9.69. The molecule has 4 nitrogen and oxygen atoms in total. The molecule has 0 amide bonds. The van der Waals surface area contributed by atoms with Crippen LogP contribution in [0.15, 0.2) is 71.4 Å². The highest BCUT2D eigenvalue weighted by Gasteiger charge is 2.34. The van der Waals surface area contributed by atoms with Crippen LogP contribution >= 0.6 is 0 Å². The number of nitrogens with zero attached hydrogens (tertiary/aromatic N) is 3. The fourth-order valence-electron chi connectivity index (χ4n) is 3.93. The Morgan fingerprint density at radius 1 is 0.962 bits per heavy atom. The van der Waals surface area contributed by atoms with Gasteiger partial charge in [0.15, 0.2) is 0 Å². The highest BCUT2D eigenvalue weighted by Crippen LogP contribution is 2.26. The molecule has 128 valence electrons. The number of hydrogen-bond donors (Lipinski definition) is 0. The molecule has 5 heteroatoms. The monoisotopic (exact) mass is 341 g/mol. The molecule has 1 atom stereocenters. The van der Waals surface area contributed by atoms with Crippen LogP contribution in [0.3, 0.4) is 0 Å². The van der Waals surface area contributed by atoms with Gasteiger partial charge in [-0.3, -0.25) is 0 Å². The maximum Gasteiger partial charge on any atom is 0.405 e. The summed E-state index contributed by atoms with van der Waals surface area (Å²) in [6, 6.07) is 18.7. The van der Waals surface area contributed by atoms with Crippen molar-refractivity contribution < 1.29 is 4.42 Å². The second-order valence-corrected chi connectivity index (χ2v) is 6.87. The number of furan rings is 1. The first-order valence-corrected chi connectivity index (χ1v) is 8.95. The van der Waals surface area contributed by atoms with Crippen LogP contribution in [0.5, 0.6) is 0 Å². The molecular weight excluding hydrogens is 321 g/mol. The highest BCUT2D eigenvalue weighted by atomic mass is 16.3. The van der Waals surface area contributed by atoms with E-state index in [1.54, 1.807) is 0 Å². The van der Waals surface area contributed by atoms with Crippen molar-refractivity contribution in [3.05, 3.63) is 77.6 Å². The normalized spacial score (nSPS) is 18.9. The van der Waals surface area contributed by atoms with E-state index in [1.165, 1.54) is 16.3 Å². The molecule has 2 aliphatic heterocycles. The molecule has 0 fully saturated rings. The summed E-state index contributed by atoms with van der Waals surface area (Å²) in [5.74, 6) is 2.30. The maximum absolute atomic E-state index is 6.01. The van der Waals surface area contributed by atoms with Crippen molar-refractivity contribution in [2.45, 2.75) is 13.1 Å². The predicted molar refractivity (Wildman–Crippen MR) is 107 cm³/mol. The summed E-state index contributed by atoms with van der Waals surface area (Å²) >= 11 is 0. The molecule has 3 aromatic rings. The smallest absolute Gasteiger partial charge is 0.405 e. The Labute approximate surface area is 153 Å². The van der Waals surface area contributed by atoms with Gasteiger partial charge in [-0.25, -0.2) is 0 Å². The van der Waals surface area contributed by atoms with Crippen molar-refractivity contribution in [2.75, 3.05) is 11.9 Å². The van der Waals surface area contributed by atoms with Crippen LogP contribution < -0.4 is 15.5 Å². The van der Waals surface area contributed by atoms with Gasteiger partial charge in [0.2, 0.25) is 0 Å². The van der Waals surface area contributed by atoms with Gasteiger partial charge >= 0.3 is 6.98 Å². The van der Waals surface area contributed by atoms with Crippen LogP contribution in [0.2, 0.25) is 0 Å². The van der Waals surface area contributed by atoms with Crippen molar-refractivity contribution in [2.24, 2.45) is 0 Å². The van der Waals surface area contributed by atoms with Crippen molar-refractivity contribution in [3.8, 4) is 0 Å². The first-order chi connectivity index (χ1) is 12.7. The van der Waals surface area contributed by atoms with Gasteiger partial charge in [0.1, 0.15) is 11.0 Å². The summed E-state index contributed by atoms with van der Waals surface area (Å²) in [6.45, 7) is 2.38. The number of hydrogen-bond acceptors (Lipinski definition) is 4. The van der Waals surface area contributed by atoms with Crippen LogP contribution in [-0.4, -0.2) is 29.8 Å². The summed E-state index contributed by atoms with van der Waals surface area (Å²) in [4.78, 5) is 6.87. The van der Waals surface area contributed by atoms with Gasteiger partial charge in [-0.15, -0.1) is 0 Å². The lowest BCUT2D eigenvalue weighted by Gasteiger charge is -2.36. The van der Waals surface area contributed by atoms with Crippen LogP contribution in [0.25, 0.3) is 23.1 Å². The Balaban J connectivity index is 1.54. The van der Waals surface area contributed by atoms with Crippen LogP contribution in [0.1, 0.15) is 6.92 Å². The van der Waals surface area contributed by atoms with E-state index in [9.17, 15) is 0 Å². The molecule has 0 N–H and O–H groups in total. The van der Waals surface area contributed by atoms with Crippen molar-refractivity contribution in [3.63, 3.8) is 0 Å². The van der Waals surface area contributed by atoms with Crippen LogP contribution in [0, 0.1) is 0 Å². The van der Waals surface area contributed by atoms with Crippen molar-refractivity contribution in [1.29, 1.82) is 0 Å². The number of benzene rings is 2. The Hall–Kier alpha value is -3.08. The van der Waals surface area contributed by atoms with Gasteiger partial charge in [0.05, 0.1) is 6.17 Å². The third kappa shape index (κ3) is 2.24. The number of fused-ring (bicyclic) bond motifs is 3. The summed E-state index contributed by atoms with van der Waals surface area (Å²) in [5.41, 5.74) is 3.08. The topological polar surface area (TPSA) is 22.9 Å². The Bertz CT molecular complexity index is 1110. The molecule has 1 aromatic heterocycles. The van der Waals surface area contributed by atoms with Gasteiger partial charge < -0.3 is 18.9 Å². The second-order valence-electron chi connectivity index (χ2n) is 6.87. The quantitative estimate of drug-likeness (QED) is 0.669. The zero-order valence-corrected chi connectivity index (χ0v) is 14.9. The van der Waals surface area contributed by atoms with E-state index in [2.05, 4.69) is 95.5 Å². The lowest BCUT2D eigenvalue weighted by Crippen LogP contribution is -2.54. The molecule has 0 bridgehead atoms. The van der Waals surface area contributed by atoms with E-state index >= 15 is 0 Å². The van der Waals surface area contributed by atoms with Crippen molar-refractivity contribution in [1.82, 2.24) is 9.62 Å². The summed E-state index contributed by atoms with van der Waals surface area (Å²) in [7, 11) is 2.10. The number of anilines is 1. The largest absolute Gasteiger partial charge is 0.455 e. The van der Waals surface area contributed by atoms with Gasteiger partial charge in [-0.2, -0.15) is 0 Å². The van der Waals surface area contributed by atoms with Gasteiger partial charge in [0, 0.05) is 34.9 Å². The van der Waals surface area contributed by atoms with E-state index in [4.69, 9.17) is 4.42 Å². The minimum Gasteiger partial charge on any atom is -0.455 e. The van der Waals surface area contributed by atoms with Crippen molar-refractivity contribution >= 4 is 35.8 Å². The minimum absolute atomic E-state index is 0.142. The van der Waals surface area contributed by atoms with E-state index in [1.807, 2.05) is 12.1 Å². The average Bonchev–Trinajstić information content (AvgIpc) is 3.21. The first kappa shape index (κ1) is 15.2. The third-order valence-corrected chi connectivity index (χ3v) is 5.31. The molecule has 2 aromatic carbocycles. The second kappa shape index (κ2) is 5.73. The Morgan fingerprint density at radius 3 is 2.58 bits per heavy atom. The summed E-state index contributed by atoms with van der Waals surface area (Å²) in [6.07, 6.45) is 6.67. The van der Waals surface area contributed by atoms with E-state index in [0.29, 0.717) is 0 Å². The molecule has 26 heavy (non-hydrogen) atoms. The van der Waals surface area contributed by atoms with E-state index in [-0.39, 0.29) is 13.1 Å². The van der Waals surface area contributed by atoms with Gasteiger partial charge in [0.25, 0.3) is 0 Å². The lowest BCUT2D eigenvalue weighted by molar-refractivity contribution is 0.450. The Kier molecular flexibility index (Phi) is 3.35. The molecule has 0 saturated carbocycles. The maximum atomic E-state index is 6.01. The molecule has 0 saturated heterocycles. The van der Waals surface area contributed by atoms with Crippen LogP contribution in [-0.2, 0) is 0 Å². The minimum atomic E-state index is 0.142. The predicted octanol–water partition coefficient (Wildman–Crippen LogP) is 2.56. The highest BCUT2D eigenvalue weighted by molar-refractivity contribution is 6.69. The summed E-state index contributed by atoms with van der Waals surface area (Å²) in [5, 5.41) is 2.36. The summed E-state index contributed by atoms with van der Waals surface area (Å²) < 4.78 is 6.01. The molecular formula is C21H20BN3O. The van der Waals surface area contributed by atoms with E-state index < -0.39 is 0 Å². The molecule has 5 rings (SSSR count). The fraction of sp³-hybridized carbons (Fsp3) is 0.143. The third-order valence-electron chi connectivity index (χ3n) is 5.31. The molecule has 2 aliphatic rings. The molecule has 0 aliphatic carbocycles. The van der Waals surface area contributed by atoms with E-state index in [0.717, 1.165) is 11.0 Å². The average molecular weight is 341 g/mol. The van der Waals surface area contributed by atoms with Gasteiger partial charge in [-0.05, 0) is 32.2 Å². The first-order valence-electron chi connectivity index (χ1n) is 8.95. The number of rotatable bonds is 2. The molecule has 3 heterocycles. The molecule has 0 spiro atoms. The molecule has 0 unspecified atom stereocenters. The Morgan fingerprint density at radius 2 is 1.73 bits per heavy atom. The zero-order chi connectivity index (χ0) is 17.7. The van der Waals surface area contributed by atoms with Crippen LogP contribution in [0.4, 0.5) is 5.69 Å². The van der Waals surface area contributed by atoms with Gasteiger partial charge in [-0.1, -0.05) is 42.4 Å². The number of para-hydroxylation sites is 2. The zero-order valence-electron chi connectivity index (χ0n) is 14.9. The molecule has 0 radical (unpaired) electrons. The SMILES string of the molecule is C[C@@H]1N(B2C=c3c(oc4ccccc34)=CN2C)C=CN1c1ccccc1. The standard InChI is InChI=1S/C21H20BN3O/c1-16-24(17-8-4-3-5-9-17)12-13-25(16)22-14-19-18-10-6-7-11-20(18)26-21(19)15-23(22)2/h3-16H,1-2H3/t16-/m0/s1. The fourth-order valence-corrected chi connectivity index (χ4v) is 3.93.